The zero-order chi connectivity index (χ0) is 20.1. The third-order valence-electron chi connectivity index (χ3n) is 4.87. The molecule has 1 aliphatic rings. The lowest BCUT2D eigenvalue weighted by Gasteiger charge is -2.26. The van der Waals surface area contributed by atoms with Gasteiger partial charge in [-0.25, -0.2) is 13.4 Å². The van der Waals surface area contributed by atoms with Crippen LogP contribution < -0.4 is 5.32 Å². The molecule has 1 aromatic heterocycles. The second kappa shape index (κ2) is 9.02. The zero-order valence-electron chi connectivity index (χ0n) is 16.5. The molecule has 1 fully saturated rings. The van der Waals surface area contributed by atoms with Crippen LogP contribution in [0.4, 0.5) is 0 Å². The van der Waals surface area contributed by atoms with Crippen molar-refractivity contribution >= 4 is 27.0 Å². The third-order valence-corrected chi connectivity index (χ3v) is 6.77. The van der Waals surface area contributed by atoms with E-state index in [1.165, 1.54) is 4.31 Å². The van der Waals surface area contributed by atoms with Gasteiger partial charge in [0.1, 0.15) is 5.82 Å². The van der Waals surface area contributed by atoms with E-state index in [4.69, 9.17) is 4.74 Å². The van der Waals surface area contributed by atoms with Crippen molar-refractivity contribution in [3.63, 3.8) is 0 Å². The number of imidazole rings is 1. The molecule has 1 amide bonds. The van der Waals surface area contributed by atoms with E-state index in [1.54, 1.807) is 18.2 Å². The first-order valence-corrected chi connectivity index (χ1v) is 11.2. The van der Waals surface area contributed by atoms with Crippen molar-refractivity contribution in [2.45, 2.75) is 44.6 Å². The van der Waals surface area contributed by atoms with Crippen LogP contribution in [0.5, 0.6) is 0 Å². The Morgan fingerprint density at radius 3 is 2.68 bits per heavy atom. The van der Waals surface area contributed by atoms with Crippen molar-refractivity contribution in [2.24, 2.45) is 0 Å². The summed E-state index contributed by atoms with van der Waals surface area (Å²) in [6.07, 6.45) is 1.78. The van der Waals surface area contributed by atoms with Crippen molar-refractivity contribution in [2.75, 3.05) is 32.8 Å². The summed E-state index contributed by atoms with van der Waals surface area (Å²) in [5, 5.41) is 2.87. The molecule has 2 aromatic rings. The summed E-state index contributed by atoms with van der Waals surface area (Å²) in [6, 6.07) is 5.07. The maximum absolute atomic E-state index is 12.9. The molecule has 1 saturated heterocycles. The number of fused-ring (bicyclic) bond motifs is 1. The van der Waals surface area contributed by atoms with E-state index in [9.17, 15) is 13.2 Å². The molecule has 28 heavy (non-hydrogen) atoms. The molecule has 1 aliphatic heterocycles. The lowest BCUT2D eigenvalue weighted by molar-refractivity contribution is -0.121. The van der Waals surface area contributed by atoms with Crippen molar-refractivity contribution in [1.82, 2.24) is 19.2 Å². The van der Waals surface area contributed by atoms with Gasteiger partial charge in [0.25, 0.3) is 0 Å². The first kappa shape index (κ1) is 20.8. The van der Waals surface area contributed by atoms with Gasteiger partial charge in [-0.05, 0) is 31.5 Å². The largest absolute Gasteiger partial charge is 0.379 e. The highest BCUT2D eigenvalue weighted by Gasteiger charge is 2.27. The Balaban J connectivity index is 1.85. The van der Waals surface area contributed by atoms with Gasteiger partial charge in [0.2, 0.25) is 15.9 Å². The molecule has 0 radical (unpaired) electrons. The number of benzene rings is 1. The Bertz CT molecular complexity index is 933. The Morgan fingerprint density at radius 1 is 1.25 bits per heavy atom. The molecule has 0 spiro atoms. The molecule has 0 saturated carbocycles. The minimum Gasteiger partial charge on any atom is -0.379 e. The third kappa shape index (κ3) is 4.37. The molecule has 154 valence electrons. The quantitative estimate of drug-likeness (QED) is 0.715. The number of carbonyl (C=O) groups is 1. The number of rotatable bonds is 8. The Hall–Kier alpha value is -1.97. The van der Waals surface area contributed by atoms with Gasteiger partial charge in [-0.15, -0.1) is 0 Å². The zero-order valence-corrected chi connectivity index (χ0v) is 17.3. The number of aryl methyl sites for hydroxylation is 2. The van der Waals surface area contributed by atoms with E-state index in [0.717, 1.165) is 17.8 Å². The maximum atomic E-state index is 12.9. The number of nitrogens with one attached hydrogen (secondary N) is 1. The fraction of sp³-hybridized carbons (Fsp3) is 0.579. The Kier molecular flexibility index (Phi) is 6.69. The number of carbonyl (C=O) groups excluding carboxylic acids is 1. The van der Waals surface area contributed by atoms with Crippen molar-refractivity contribution in [3.05, 3.63) is 24.0 Å². The molecule has 1 aromatic carbocycles. The fourth-order valence-corrected chi connectivity index (χ4v) is 4.81. The number of sulfonamides is 1. The van der Waals surface area contributed by atoms with E-state index in [-0.39, 0.29) is 10.8 Å². The molecule has 9 heteroatoms. The Labute approximate surface area is 165 Å². The first-order chi connectivity index (χ1) is 13.5. The molecule has 1 N–H and O–H groups in total. The van der Waals surface area contributed by atoms with Gasteiger partial charge in [-0.3, -0.25) is 4.79 Å². The standard InChI is InChI=1S/C19H28N4O4S/c1-3-9-20-19(24)8-7-18-21-16-14-15(5-6-17(16)23(18)4-2)28(25,26)22-10-12-27-13-11-22/h5-6,14H,3-4,7-13H2,1-2H3,(H,20,24). The predicted octanol–water partition coefficient (Wildman–Crippen LogP) is 1.54. The smallest absolute Gasteiger partial charge is 0.243 e. The number of aromatic nitrogens is 2. The molecule has 0 atom stereocenters. The molecule has 0 bridgehead atoms. The average Bonchev–Trinajstić information content (AvgIpc) is 3.08. The number of morpholine rings is 1. The number of ether oxygens (including phenoxy) is 1. The van der Waals surface area contributed by atoms with E-state index >= 15 is 0 Å². The van der Waals surface area contributed by atoms with Crippen molar-refractivity contribution in [3.8, 4) is 0 Å². The van der Waals surface area contributed by atoms with Crippen LogP contribution in [-0.2, 0) is 32.5 Å². The highest BCUT2D eigenvalue weighted by molar-refractivity contribution is 7.89. The molecule has 2 heterocycles. The highest BCUT2D eigenvalue weighted by Crippen LogP contribution is 2.24. The SMILES string of the molecule is CCCNC(=O)CCc1nc2cc(S(=O)(=O)N3CCOCC3)ccc2n1CC. The Morgan fingerprint density at radius 2 is 2.00 bits per heavy atom. The van der Waals surface area contributed by atoms with Crippen LogP contribution in [-0.4, -0.2) is 61.0 Å². The van der Waals surface area contributed by atoms with E-state index in [2.05, 4.69) is 10.3 Å². The molecule has 0 aliphatic carbocycles. The summed E-state index contributed by atoms with van der Waals surface area (Å²) in [5.74, 6) is 0.803. The van der Waals surface area contributed by atoms with Crippen LogP contribution >= 0.6 is 0 Å². The van der Waals surface area contributed by atoms with E-state index < -0.39 is 10.0 Å². The highest BCUT2D eigenvalue weighted by atomic mass is 32.2. The van der Waals surface area contributed by atoms with Gasteiger partial charge >= 0.3 is 0 Å². The van der Waals surface area contributed by atoms with E-state index in [1.807, 2.05) is 18.4 Å². The van der Waals surface area contributed by atoms with Gasteiger partial charge in [-0.2, -0.15) is 4.31 Å². The topological polar surface area (TPSA) is 93.5 Å². The summed E-state index contributed by atoms with van der Waals surface area (Å²) in [6.45, 7) is 6.96. The van der Waals surface area contributed by atoms with Gasteiger partial charge < -0.3 is 14.6 Å². The second-order valence-electron chi connectivity index (χ2n) is 6.79. The number of hydrogen-bond donors (Lipinski definition) is 1. The van der Waals surface area contributed by atoms with Gasteiger partial charge in [-0.1, -0.05) is 6.92 Å². The van der Waals surface area contributed by atoms with Crippen LogP contribution in [0, 0.1) is 0 Å². The molecule has 0 unspecified atom stereocenters. The maximum Gasteiger partial charge on any atom is 0.243 e. The van der Waals surface area contributed by atoms with Crippen LogP contribution in [0.2, 0.25) is 0 Å². The van der Waals surface area contributed by atoms with Crippen LogP contribution in [0.3, 0.4) is 0 Å². The van der Waals surface area contributed by atoms with Crippen LogP contribution in [0.1, 0.15) is 32.5 Å². The molecule has 8 nitrogen and oxygen atoms in total. The normalized spacial score (nSPS) is 15.8. The summed E-state index contributed by atoms with van der Waals surface area (Å²) in [5.41, 5.74) is 1.52. The summed E-state index contributed by atoms with van der Waals surface area (Å²) in [4.78, 5) is 16.8. The minimum absolute atomic E-state index is 0.00661. The molecular formula is C19H28N4O4S. The summed E-state index contributed by atoms with van der Waals surface area (Å²) >= 11 is 0. The number of hydrogen-bond acceptors (Lipinski definition) is 5. The summed E-state index contributed by atoms with van der Waals surface area (Å²) < 4.78 is 34.5. The van der Waals surface area contributed by atoms with Gasteiger partial charge in [0, 0.05) is 39.0 Å². The van der Waals surface area contributed by atoms with Gasteiger partial charge in [0.15, 0.2) is 0 Å². The molecule has 3 rings (SSSR count). The lowest BCUT2D eigenvalue weighted by atomic mass is 10.2. The van der Waals surface area contributed by atoms with Crippen LogP contribution in [0.15, 0.2) is 23.1 Å². The van der Waals surface area contributed by atoms with Crippen molar-refractivity contribution < 1.29 is 17.9 Å². The van der Waals surface area contributed by atoms with Crippen LogP contribution in [0.25, 0.3) is 11.0 Å². The average molecular weight is 409 g/mol. The second-order valence-corrected chi connectivity index (χ2v) is 8.73. The van der Waals surface area contributed by atoms with E-state index in [0.29, 0.717) is 57.8 Å². The minimum atomic E-state index is -3.56. The number of amides is 1. The first-order valence-electron chi connectivity index (χ1n) is 9.81. The fourth-order valence-electron chi connectivity index (χ4n) is 3.38. The number of nitrogens with zero attached hydrogens (tertiary/aromatic N) is 3. The van der Waals surface area contributed by atoms with Crippen molar-refractivity contribution in [1.29, 1.82) is 0 Å². The monoisotopic (exact) mass is 408 g/mol. The van der Waals surface area contributed by atoms with Gasteiger partial charge in [0.05, 0.1) is 29.1 Å². The lowest BCUT2D eigenvalue weighted by Crippen LogP contribution is -2.40. The summed E-state index contributed by atoms with van der Waals surface area (Å²) in [7, 11) is -3.56. The predicted molar refractivity (Wildman–Crippen MR) is 107 cm³/mol. The molecular weight excluding hydrogens is 380 g/mol.